The van der Waals surface area contributed by atoms with E-state index in [9.17, 15) is 9.65 Å². The molecule has 0 aliphatic heterocycles. The smallest absolute Gasteiger partial charge is 0.134 e. The van der Waals surface area contributed by atoms with E-state index in [0.717, 1.165) is 21.8 Å². The molecule has 3 aromatic heterocycles. The minimum Gasteiger partial charge on any atom is -0.464 e. The highest BCUT2D eigenvalue weighted by molar-refractivity contribution is 7.11. The zero-order valence-electron chi connectivity index (χ0n) is 13.5. The lowest BCUT2D eigenvalue weighted by Crippen LogP contribution is -1.76. The number of benzene rings is 1. The molecule has 3 heterocycles. The fraction of sp³-hybridized carbons (Fsp3) is 0. The van der Waals surface area contributed by atoms with Crippen LogP contribution in [0.25, 0.3) is 34.3 Å². The maximum Gasteiger partial charge on any atom is 0.134 e. The van der Waals surface area contributed by atoms with Gasteiger partial charge in [-0.3, -0.25) is 0 Å². The molecule has 3 nitrogen and oxygen atoms in total. The Morgan fingerprint density at radius 3 is 2.62 bits per heavy atom. The predicted octanol–water partition coefficient (Wildman–Crippen LogP) is 6.47. The van der Waals surface area contributed by atoms with Gasteiger partial charge < -0.3 is 8.83 Å². The predicted molar refractivity (Wildman–Crippen MR) is 99.6 cm³/mol. The molecule has 0 saturated heterocycles. The van der Waals surface area contributed by atoms with E-state index < -0.39 is 0 Å². The molecule has 0 aliphatic rings. The number of thiophene rings is 1. The molecule has 0 atom stereocenters. The second-order valence-electron chi connectivity index (χ2n) is 5.56. The molecule has 0 unspecified atom stereocenters. The largest absolute Gasteiger partial charge is 0.464 e. The number of nitriles is 1. The summed E-state index contributed by atoms with van der Waals surface area (Å²) < 4.78 is 24.2. The summed E-state index contributed by atoms with van der Waals surface area (Å²) in [7, 11) is 0. The van der Waals surface area contributed by atoms with Gasteiger partial charge in [0, 0.05) is 21.4 Å². The monoisotopic (exact) mass is 361 g/mol. The van der Waals surface area contributed by atoms with Crippen LogP contribution in [0.5, 0.6) is 0 Å². The summed E-state index contributed by atoms with van der Waals surface area (Å²) in [5.41, 5.74) is 2.22. The van der Waals surface area contributed by atoms with E-state index in [1.54, 1.807) is 36.6 Å². The number of hydrogen-bond acceptors (Lipinski definition) is 4. The van der Waals surface area contributed by atoms with E-state index >= 15 is 0 Å². The summed E-state index contributed by atoms with van der Waals surface area (Å²) in [6, 6.07) is 17.5. The van der Waals surface area contributed by atoms with Crippen LogP contribution in [0, 0.1) is 17.1 Å². The molecule has 26 heavy (non-hydrogen) atoms. The minimum atomic E-state index is -0.294. The van der Waals surface area contributed by atoms with Crippen LogP contribution >= 0.6 is 11.3 Å². The summed E-state index contributed by atoms with van der Waals surface area (Å²) in [5, 5.41) is 11.5. The second-order valence-corrected chi connectivity index (χ2v) is 6.47. The highest BCUT2D eigenvalue weighted by atomic mass is 32.1. The van der Waals surface area contributed by atoms with Crippen molar-refractivity contribution in [3.05, 3.63) is 82.7 Å². The molecule has 4 rings (SSSR count). The molecule has 0 radical (unpaired) electrons. The molecule has 4 aromatic rings. The average Bonchev–Trinajstić information content (AvgIpc) is 3.40. The third-order valence-electron chi connectivity index (χ3n) is 3.83. The van der Waals surface area contributed by atoms with Gasteiger partial charge in [-0.15, -0.1) is 11.3 Å². The van der Waals surface area contributed by atoms with Gasteiger partial charge in [0.15, 0.2) is 0 Å². The van der Waals surface area contributed by atoms with Crippen LogP contribution in [0.3, 0.4) is 0 Å². The fourth-order valence-corrected chi connectivity index (χ4v) is 3.41. The van der Waals surface area contributed by atoms with Crippen molar-refractivity contribution in [1.29, 1.82) is 5.26 Å². The van der Waals surface area contributed by atoms with Crippen molar-refractivity contribution in [2.24, 2.45) is 0 Å². The van der Waals surface area contributed by atoms with Crippen LogP contribution in [-0.4, -0.2) is 0 Å². The molecule has 0 N–H and O–H groups in total. The van der Waals surface area contributed by atoms with Crippen molar-refractivity contribution >= 4 is 23.0 Å². The van der Waals surface area contributed by atoms with Gasteiger partial charge in [-0.25, -0.2) is 4.39 Å². The van der Waals surface area contributed by atoms with Crippen LogP contribution in [0.4, 0.5) is 4.39 Å². The molecular formula is C21H12FNO2S. The minimum absolute atomic E-state index is 0.294. The molecule has 126 valence electrons. The fourth-order valence-electron chi connectivity index (χ4n) is 2.55. The third kappa shape index (κ3) is 3.23. The number of furan rings is 2. The Morgan fingerprint density at radius 2 is 1.88 bits per heavy atom. The van der Waals surface area contributed by atoms with E-state index in [4.69, 9.17) is 8.83 Å². The summed E-state index contributed by atoms with van der Waals surface area (Å²) in [6.07, 6.45) is 3.32. The van der Waals surface area contributed by atoms with E-state index in [2.05, 4.69) is 6.07 Å². The standard InChI is InChI=1S/C21H12FNO2S/c22-17-5-3-14(4-6-17)20-8-7-18(25-20)10-15(12-23)21-11-16(13-26-21)19-2-1-9-24-19/h1-11,13H/b15-10+. The van der Waals surface area contributed by atoms with Crippen LogP contribution in [0.15, 0.2) is 75.1 Å². The van der Waals surface area contributed by atoms with Crippen molar-refractivity contribution in [2.45, 2.75) is 0 Å². The Bertz CT molecular complexity index is 1100. The quantitative estimate of drug-likeness (QED) is 0.391. The molecular weight excluding hydrogens is 349 g/mol. The Morgan fingerprint density at radius 1 is 1.04 bits per heavy atom. The first-order chi connectivity index (χ1) is 12.7. The van der Waals surface area contributed by atoms with Crippen LogP contribution in [0.2, 0.25) is 0 Å². The van der Waals surface area contributed by atoms with Crippen molar-refractivity contribution in [2.75, 3.05) is 0 Å². The summed E-state index contributed by atoms with van der Waals surface area (Å²) >= 11 is 1.47. The van der Waals surface area contributed by atoms with Gasteiger partial charge in [0.05, 0.1) is 11.8 Å². The van der Waals surface area contributed by atoms with Gasteiger partial charge in [0.2, 0.25) is 0 Å². The van der Waals surface area contributed by atoms with Gasteiger partial charge in [-0.2, -0.15) is 5.26 Å². The Kier molecular flexibility index (Phi) is 4.26. The van der Waals surface area contributed by atoms with Gasteiger partial charge in [0.1, 0.15) is 29.2 Å². The first-order valence-corrected chi connectivity index (χ1v) is 8.71. The number of hydrogen-bond donors (Lipinski definition) is 0. The number of allylic oxidation sites excluding steroid dienone is 1. The molecule has 5 heteroatoms. The molecule has 0 amide bonds. The molecule has 0 fully saturated rings. The molecule has 0 saturated carbocycles. The van der Waals surface area contributed by atoms with Crippen molar-refractivity contribution < 1.29 is 13.2 Å². The van der Waals surface area contributed by atoms with Gasteiger partial charge in [-0.1, -0.05) is 0 Å². The van der Waals surface area contributed by atoms with Crippen LogP contribution in [0.1, 0.15) is 10.6 Å². The first-order valence-electron chi connectivity index (χ1n) is 7.83. The highest BCUT2D eigenvalue weighted by Crippen LogP contribution is 2.32. The van der Waals surface area contributed by atoms with Crippen LogP contribution < -0.4 is 0 Å². The molecule has 0 spiro atoms. The van der Waals surface area contributed by atoms with Crippen LogP contribution in [-0.2, 0) is 0 Å². The first kappa shape index (κ1) is 16.1. The van der Waals surface area contributed by atoms with Crippen molar-refractivity contribution in [3.8, 4) is 28.7 Å². The summed E-state index contributed by atoms with van der Waals surface area (Å²) in [6.45, 7) is 0. The number of rotatable bonds is 4. The maximum absolute atomic E-state index is 13.0. The van der Waals surface area contributed by atoms with Crippen molar-refractivity contribution in [3.63, 3.8) is 0 Å². The topological polar surface area (TPSA) is 50.1 Å². The molecule has 0 aliphatic carbocycles. The average molecular weight is 361 g/mol. The number of nitrogens with zero attached hydrogens (tertiary/aromatic N) is 1. The third-order valence-corrected chi connectivity index (χ3v) is 4.80. The lowest BCUT2D eigenvalue weighted by molar-refractivity contribution is 0.571. The van der Waals surface area contributed by atoms with Gasteiger partial charge >= 0.3 is 0 Å². The zero-order chi connectivity index (χ0) is 17.9. The Labute approximate surface area is 153 Å². The van der Waals surface area contributed by atoms with Gasteiger partial charge in [-0.05, 0) is 60.7 Å². The normalized spacial score (nSPS) is 11.5. The molecule has 1 aromatic carbocycles. The molecule has 0 bridgehead atoms. The zero-order valence-corrected chi connectivity index (χ0v) is 14.3. The van der Waals surface area contributed by atoms with E-state index in [0.29, 0.717) is 17.1 Å². The Hall–Kier alpha value is -3.36. The lowest BCUT2D eigenvalue weighted by Gasteiger charge is -1.96. The van der Waals surface area contributed by atoms with Gasteiger partial charge in [0.25, 0.3) is 0 Å². The summed E-state index contributed by atoms with van der Waals surface area (Å²) in [4.78, 5) is 0.832. The Balaban J connectivity index is 1.62. The van der Waals surface area contributed by atoms with E-state index in [1.165, 1.54) is 23.5 Å². The lowest BCUT2D eigenvalue weighted by atomic mass is 10.1. The highest BCUT2D eigenvalue weighted by Gasteiger charge is 2.10. The summed E-state index contributed by atoms with van der Waals surface area (Å²) in [5.74, 6) is 1.66. The van der Waals surface area contributed by atoms with Crippen molar-refractivity contribution in [1.82, 2.24) is 0 Å². The maximum atomic E-state index is 13.0. The van der Waals surface area contributed by atoms with E-state index in [-0.39, 0.29) is 5.82 Å². The van der Waals surface area contributed by atoms with E-state index in [1.807, 2.05) is 23.6 Å². The second kappa shape index (κ2) is 6.87. The number of halogens is 1. The SMILES string of the molecule is N#C/C(=C\c1ccc(-c2ccc(F)cc2)o1)c1cc(-c2ccco2)cs1.